The van der Waals surface area contributed by atoms with Crippen LogP contribution in [-0.2, 0) is 20.9 Å². The van der Waals surface area contributed by atoms with Crippen LogP contribution in [0.15, 0.2) is 57.6 Å². The maximum Gasteiger partial charge on any atom is 0.331 e. The molecule has 1 amide bonds. The number of amides is 1. The molecule has 1 heterocycles. The largest absolute Gasteiger partial charge is 0.496 e. The van der Waals surface area contributed by atoms with E-state index >= 15 is 0 Å². The zero-order chi connectivity index (χ0) is 23.1. The van der Waals surface area contributed by atoms with Crippen LogP contribution in [0.2, 0.25) is 10.0 Å². The summed E-state index contributed by atoms with van der Waals surface area (Å²) >= 11 is 13.2. The molecule has 32 heavy (non-hydrogen) atoms. The Balaban J connectivity index is 1.71. The van der Waals surface area contributed by atoms with Crippen LogP contribution in [0.3, 0.4) is 0 Å². The number of hydrogen-bond acceptors (Lipinski definition) is 8. The fraction of sp³-hybridized carbons (Fsp3) is 0.143. The number of carbonyl (C=O) groups excluding carboxylic acids is 2. The Morgan fingerprint density at radius 2 is 2.00 bits per heavy atom. The van der Waals surface area contributed by atoms with Gasteiger partial charge in [-0.3, -0.25) is 10.1 Å². The number of nitrogens with zero attached hydrogens (tertiary/aromatic N) is 2. The summed E-state index contributed by atoms with van der Waals surface area (Å²) in [7, 11) is 2.79. The number of nitrogens with one attached hydrogen (secondary N) is 1. The topological polar surface area (TPSA) is 98.6 Å². The van der Waals surface area contributed by atoms with Gasteiger partial charge in [-0.1, -0.05) is 29.3 Å². The first-order valence-electron chi connectivity index (χ1n) is 9.05. The molecular formula is C21H17Cl2N3O5S. The molecule has 1 fully saturated rings. The van der Waals surface area contributed by atoms with Crippen molar-refractivity contribution >= 4 is 58.2 Å². The predicted molar refractivity (Wildman–Crippen MR) is 125 cm³/mol. The molecular weight excluding hydrogens is 477 g/mol. The third-order valence-corrected chi connectivity index (χ3v) is 5.76. The maximum absolute atomic E-state index is 11.8. The summed E-state index contributed by atoms with van der Waals surface area (Å²) in [5.74, 6) is 0.0108. The van der Waals surface area contributed by atoms with Crippen molar-refractivity contribution in [1.82, 2.24) is 5.32 Å². The van der Waals surface area contributed by atoms with Gasteiger partial charge in [0, 0.05) is 11.6 Å². The second-order valence-electron chi connectivity index (χ2n) is 6.15. The van der Waals surface area contributed by atoms with E-state index in [1.807, 2.05) is 6.07 Å². The van der Waals surface area contributed by atoms with Gasteiger partial charge < -0.3 is 14.2 Å². The summed E-state index contributed by atoms with van der Waals surface area (Å²) in [6.07, 6.45) is 2.60. The van der Waals surface area contributed by atoms with Crippen molar-refractivity contribution in [1.29, 1.82) is 0 Å². The Morgan fingerprint density at radius 3 is 2.75 bits per heavy atom. The molecule has 166 valence electrons. The van der Waals surface area contributed by atoms with Gasteiger partial charge in [0.25, 0.3) is 5.91 Å². The number of ether oxygens (including phenoxy) is 3. The summed E-state index contributed by atoms with van der Waals surface area (Å²) < 4.78 is 15.7. The summed E-state index contributed by atoms with van der Waals surface area (Å²) in [5, 5.41) is 11.5. The zero-order valence-corrected chi connectivity index (χ0v) is 19.3. The van der Waals surface area contributed by atoms with E-state index in [1.54, 1.807) is 37.4 Å². The van der Waals surface area contributed by atoms with Crippen molar-refractivity contribution in [2.24, 2.45) is 10.2 Å². The van der Waals surface area contributed by atoms with Crippen LogP contribution in [0.25, 0.3) is 0 Å². The zero-order valence-electron chi connectivity index (χ0n) is 16.9. The van der Waals surface area contributed by atoms with Gasteiger partial charge in [0.05, 0.1) is 30.4 Å². The number of thioether (sulfide) groups is 1. The molecule has 2 aromatic rings. The molecule has 0 aliphatic carbocycles. The number of carbonyl (C=O) groups is 2. The van der Waals surface area contributed by atoms with Crippen LogP contribution < -0.4 is 14.8 Å². The number of benzene rings is 2. The lowest BCUT2D eigenvalue weighted by atomic mass is 10.1. The van der Waals surface area contributed by atoms with E-state index in [4.69, 9.17) is 32.7 Å². The first-order chi connectivity index (χ1) is 15.4. The number of methoxy groups -OCH3 is 2. The molecule has 0 atom stereocenters. The molecule has 0 unspecified atom stereocenters. The van der Waals surface area contributed by atoms with Crippen molar-refractivity contribution in [3.8, 4) is 11.5 Å². The maximum atomic E-state index is 11.8. The first-order valence-corrected chi connectivity index (χ1v) is 10.6. The molecule has 2 aromatic carbocycles. The second kappa shape index (κ2) is 11.0. The SMILES string of the molecule is COC(=O)/C=C1/S/C(=N\N=Cc2ccc(OC)c(COc3cccc(Cl)c3Cl)c2)NC1=O. The fourth-order valence-corrected chi connectivity index (χ4v) is 3.62. The van der Waals surface area contributed by atoms with E-state index in [-0.39, 0.29) is 16.7 Å². The lowest BCUT2D eigenvalue weighted by Crippen LogP contribution is -2.19. The highest BCUT2D eigenvalue weighted by Crippen LogP contribution is 2.32. The highest BCUT2D eigenvalue weighted by Gasteiger charge is 2.25. The minimum Gasteiger partial charge on any atom is -0.496 e. The first kappa shape index (κ1) is 23.6. The number of esters is 1. The summed E-state index contributed by atoms with van der Waals surface area (Å²) in [6, 6.07) is 10.5. The Morgan fingerprint density at radius 1 is 1.19 bits per heavy atom. The molecule has 1 aliphatic heterocycles. The van der Waals surface area contributed by atoms with Gasteiger partial charge in [-0.2, -0.15) is 5.10 Å². The summed E-state index contributed by atoms with van der Waals surface area (Å²) in [6.45, 7) is 0.188. The third-order valence-electron chi connectivity index (χ3n) is 4.06. The number of amidine groups is 1. The van der Waals surface area contributed by atoms with Gasteiger partial charge >= 0.3 is 5.97 Å². The molecule has 0 bridgehead atoms. The molecule has 3 rings (SSSR count). The van der Waals surface area contributed by atoms with Crippen molar-refractivity contribution in [3.63, 3.8) is 0 Å². The molecule has 11 heteroatoms. The summed E-state index contributed by atoms with van der Waals surface area (Å²) in [4.78, 5) is 23.3. The molecule has 1 saturated heterocycles. The van der Waals surface area contributed by atoms with Gasteiger partial charge in [-0.15, -0.1) is 5.10 Å². The van der Waals surface area contributed by atoms with Gasteiger partial charge in [-0.25, -0.2) is 4.79 Å². The van der Waals surface area contributed by atoms with Crippen LogP contribution in [0.1, 0.15) is 11.1 Å². The predicted octanol–water partition coefficient (Wildman–Crippen LogP) is 4.19. The standard InChI is InChI=1S/C21H17Cl2N3O5S/c1-29-15-7-6-12(8-13(15)11-31-16-5-3-4-14(22)19(16)23)10-24-26-21-25-20(28)17(32-21)9-18(27)30-2/h3-10H,11H2,1-2H3,(H,25,26,28)/b17-9+,24-10?. The minimum atomic E-state index is -0.626. The number of hydrogen-bond donors (Lipinski definition) is 1. The molecule has 0 spiro atoms. The van der Waals surface area contributed by atoms with Gasteiger partial charge in [0.15, 0.2) is 5.17 Å². The average Bonchev–Trinajstić information content (AvgIpc) is 3.13. The van der Waals surface area contributed by atoms with Gasteiger partial charge in [0.2, 0.25) is 0 Å². The monoisotopic (exact) mass is 493 g/mol. The minimum absolute atomic E-state index is 0.175. The van der Waals surface area contributed by atoms with Crippen molar-refractivity contribution < 1.29 is 23.8 Å². The Hall–Kier alpha value is -3.01. The Bertz CT molecular complexity index is 1130. The van der Waals surface area contributed by atoms with E-state index in [2.05, 4.69) is 20.3 Å². The van der Waals surface area contributed by atoms with Crippen molar-refractivity contribution in [2.45, 2.75) is 6.61 Å². The third kappa shape index (κ3) is 6.03. The number of rotatable bonds is 7. The second-order valence-corrected chi connectivity index (χ2v) is 7.97. The van der Waals surface area contributed by atoms with Gasteiger partial charge in [0.1, 0.15) is 23.1 Å². The van der Waals surface area contributed by atoms with Crippen LogP contribution >= 0.6 is 35.0 Å². The van der Waals surface area contributed by atoms with Crippen molar-refractivity contribution in [2.75, 3.05) is 14.2 Å². The molecule has 0 aromatic heterocycles. The van der Waals surface area contributed by atoms with E-state index in [0.717, 1.165) is 29.0 Å². The van der Waals surface area contributed by atoms with E-state index in [1.165, 1.54) is 13.3 Å². The highest BCUT2D eigenvalue weighted by molar-refractivity contribution is 8.18. The normalized spacial score (nSPS) is 15.9. The fourth-order valence-electron chi connectivity index (χ4n) is 2.53. The molecule has 0 radical (unpaired) electrons. The molecule has 0 saturated carbocycles. The van der Waals surface area contributed by atoms with Gasteiger partial charge in [-0.05, 0) is 47.7 Å². The molecule has 1 N–H and O–H groups in total. The summed E-state index contributed by atoms with van der Waals surface area (Å²) in [5.41, 5.74) is 1.48. The van der Waals surface area contributed by atoms with E-state index < -0.39 is 11.9 Å². The van der Waals surface area contributed by atoms with E-state index in [9.17, 15) is 9.59 Å². The smallest absolute Gasteiger partial charge is 0.331 e. The highest BCUT2D eigenvalue weighted by atomic mass is 35.5. The Labute approximate surface area is 198 Å². The van der Waals surface area contributed by atoms with Crippen LogP contribution in [0.4, 0.5) is 0 Å². The van der Waals surface area contributed by atoms with Crippen LogP contribution in [0.5, 0.6) is 11.5 Å². The molecule has 1 aliphatic rings. The lowest BCUT2D eigenvalue weighted by Gasteiger charge is -2.12. The average molecular weight is 494 g/mol. The Kier molecular flexibility index (Phi) is 8.15. The van der Waals surface area contributed by atoms with Crippen LogP contribution in [0, 0.1) is 0 Å². The molecule has 8 nitrogen and oxygen atoms in total. The van der Waals surface area contributed by atoms with Crippen LogP contribution in [-0.4, -0.2) is 37.5 Å². The van der Waals surface area contributed by atoms with Crippen molar-refractivity contribution in [3.05, 3.63) is 68.6 Å². The number of halogens is 2. The quantitative estimate of drug-likeness (QED) is 0.268. The lowest BCUT2D eigenvalue weighted by molar-refractivity contribution is -0.135. The van der Waals surface area contributed by atoms with E-state index in [0.29, 0.717) is 21.5 Å².